The van der Waals surface area contributed by atoms with E-state index in [0.29, 0.717) is 17.1 Å². The average molecular weight is 392 g/mol. The summed E-state index contributed by atoms with van der Waals surface area (Å²) in [6.45, 7) is 2.72. The van der Waals surface area contributed by atoms with Gasteiger partial charge in [0.2, 0.25) is 5.91 Å². The smallest absolute Gasteiger partial charge is 0.240 e. The number of benzene rings is 2. The Labute approximate surface area is 167 Å². The summed E-state index contributed by atoms with van der Waals surface area (Å²) in [5.74, 6) is 0.572. The van der Waals surface area contributed by atoms with Crippen LogP contribution < -0.4 is 5.32 Å². The zero-order valence-electron chi connectivity index (χ0n) is 15.5. The largest absolute Gasteiger partial charge is 0.361 e. The molecule has 0 aliphatic rings. The molecule has 6 nitrogen and oxygen atoms in total. The van der Waals surface area contributed by atoms with Gasteiger partial charge in [0.15, 0.2) is 10.6 Å². The van der Waals surface area contributed by atoms with Crippen molar-refractivity contribution in [3.63, 3.8) is 0 Å². The van der Waals surface area contributed by atoms with Crippen LogP contribution in [0, 0.1) is 11.7 Å². The van der Waals surface area contributed by atoms with E-state index in [4.69, 9.17) is 12.2 Å². The molecular weight excluding hydrogens is 370 g/mol. The van der Waals surface area contributed by atoms with Crippen LogP contribution in [0.15, 0.2) is 54.7 Å². The molecule has 0 unspecified atom stereocenters. The van der Waals surface area contributed by atoms with Crippen molar-refractivity contribution in [1.82, 2.24) is 25.1 Å². The van der Waals surface area contributed by atoms with Crippen LogP contribution >= 0.6 is 12.2 Å². The first-order valence-electron chi connectivity index (χ1n) is 9.16. The molecule has 142 valence electrons. The highest BCUT2D eigenvalue weighted by molar-refractivity contribution is 7.71. The van der Waals surface area contributed by atoms with E-state index in [1.807, 2.05) is 55.6 Å². The number of carbonyl (C=O) groups is 1. The van der Waals surface area contributed by atoms with E-state index in [2.05, 4.69) is 26.6 Å². The minimum atomic E-state index is -0.0919. The van der Waals surface area contributed by atoms with Gasteiger partial charge in [-0.2, -0.15) is 5.10 Å². The van der Waals surface area contributed by atoms with E-state index in [1.54, 1.807) is 4.57 Å². The molecule has 28 heavy (non-hydrogen) atoms. The second-order valence-electron chi connectivity index (χ2n) is 6.76. The number of nitrogens with zero attached hydrogens (tertiary/aromatic N) is 2. The number of hydrogen-bond donors (Lipinski definition) is 3. The van der Waals surface area contributed by atoms with Crippen molar-refractivity contribution < 1.29 is 4.79 Å². The average Bonchev–Trinajstić information content (AvgIpc) is 3.27. The zero-order chi connectivity index (χ0) is 19.5. The van der Waals surface area contributed by atoms with E-state index in [0.717, 1.165) is 17.5 Å². The van der Waals surface area contributed by atoms with Crippen molar-refractivity contribution in [2.75, 3.05) is 6.54 Å². The standard InChI is InChI=1S/C21H21N5OS/c1-14-6-8-15(9-7-14)20-24-25-21(28)26(20)13-19(27)22-11-10-16-12-23-18-5-3-2-4-17(16)18/h2-9,12,23H,10-11,13H2,1H3,(H,22,27)(H,25,28). The molecule has 1 amide bonds. The molecule has 2 heterocycles. The lowest BCUT2D eigenvalue weighted by atomic mass is 10.1. The van der Waals surface area contributed by atoms with E-state index in [9.17, 15) is 4.79 Å². The van der Waals surface area contributed by atoms with Crippen LogP contribution in [-0.4, -0.2) is 32.2 Å². The Balaban J connectivity index is 1.41. The number of H-pyrrole nitrogens is 2. The summed E-state index contributed by atoms with van der Waals surface area (Å²) in [6.07, 6.45) is 2.76. The Morgan fingerprint density at radius 2 is 1.96 bits per heavy atom. The van der Waals surface area contributed by atoms with Gasteiger partial charge in [-0.25, -0.2) is 0 Å². The second-order valence-corrected chi connectivity index (χ2v) is 7.15. The van der Waals surface area contributed by atoms with Crippen LogP contribution in [0.2, 0.25) is 0 Å². The highest BCUT2D eigenvalue weighted by Gasteiger charge is 2.12. The number of aromatic amines is 2. The lowest BCUT2D eigenvalue weighted by Crippen LogP contribution is -2.29. The van der Waals surface area contributed by atoms with Gasteiger partial charge in [-0.3, -0.25) is 14.5 Å². The number of aromatic nitrogens is 4. The summed E-state index contributed by atoms with van der Waals surface area (Å²) in [5.41, 5.74) is 4.39. The quantitative estimate of drug-likeness (QED) is 0.438. The predicted molar refractivity (Wildman–Crippen MR) is 113 cm³/mol. The lowest BCUT2D eigenvalue weighted by molar-refractivity contribution is -0.121. The zero-order valence-corrected chi connectivity index (χ0v) is 16.3. The highest BCUT2D eigenvalue weighted by atomic mass is 32.1. The van der Waals surface area contributed by atoms with Gasteiger partial charge >= 0.3 is 0 Å². The Hall–Kier alpha value is -3.19. The molecule has 0 aliphatic heterocycles. The van der Waals surface area contributed by atoms with Crippen LogP contribution in [0.25, 0.3) is 22.3 Å². The first-order chi connectivity index (χ1) is 13.6. The Morgan fingerprint density at radius 3 is 2.79 bits per heavy atom. The summed E-state index contributed by atoms with van der Waals surface area (Å²) >= 11 is 5.31. The molecule has 0 saturated carbocycles. The van der Waals surface area contributed by atoms with Crippen LogP contribution in [0.5, 0.6) is 0 Å². The third-order valence-electron chi connectivity index (χ3n) is 4.76. The topological polar surface area (TPSA) is 78.5 Å². The third-order valence-corrected chi connectivity index (χ3v) is 5.07. The van der Waals surface area contributed by atoms with Gasteiger partial charge in [0, 0.05) is 29.2 Å². The van der Waals surface area contributed by atoms with E-state index >= 15 is 0 Å². The number of amides is 1. The van der Waals surface area contributed by atoms with Crippen LogP contribution in [0.4, 0.5) is 0 Å². The van der Waals surface area contributed by atoms with Crippen LogP contribution in [0.3, 0.4) is 0 Å². The van der Waals surface area contributed by atoms with Crippen LogP contribution in [0.1, 0.15) is 11.1 Å². The Morgan fingerprint density at radius 1 is 1.18 bits per heavy atom. The number of rotatable bonds is 6. The number of nitrogens with one attached hydrogen (secondary N) is 3. The van der Waals surface area contributed by atoms with Gasteiger partial charge in [-0.1, -0.05) is 48.0 Å². The molecule has 0 spiro atoms. The second kappa shape index (κ2) is 7.82. The fourth-order valence-corrected chi connectivity index (χ4v) is 3.46. The molecular formula is C21H21N5OS. The SMILES string of the molecule is Cc1ccc(-c2n[nH]c(=S)n2CC(=O)NCCc2c[nH]c3ccccc23)cc1. The summed E-state index contributed by atoms with van der Waals surface area (Å²) in [4.78, 5) is 15.7. The van der Waals surface area contributed by atoms with E-state index in [1.165, 1.54) is 16.5 Å². The van der Waals surface area contributed by atoms with Crippen LogP contribution in [-0.2, 0) is 17.8 Å². The van der Waals surface area contributed by atoms with Crippen molar-refractivity contribution in [3.8, 4) is 11.4 Å². The fraction of sp³-hybridized carbons (Fsp3) is 0.190. The van der Waals surface area contributed by atoms with Crippen molar-refractivity contribution in [3.05, 3.63) is 70.6 Å². The van der Waals surface area contributed by atoms with Gasteiger partial charge in [0.05, 0.1) is 0 Å². The molecule has 4 aromatic rings. The molecule has 2 aromatic carbocycles. The van der Waals surface area contributed by atoms with Gasteiger partial charge in [-0.15, -0.1) is 0 Å². The molecule has 4 rings (SSSR count). The monoisotopic (exact) mass is 391 g/mol. The summed E-state index contributed by atoms with van der Waals surface area (Å²) in [5, 5.41) is 11.2. The molecule has 0 aliphatic carbocycles. The number of hydrogen-bond acceptors (Lipinski definition) is 3. The summed E-state index contributed by atoms with van der Waals surface area (Å²) < 4.78 is 2.16. The van der Waals surface area contributed by atoms with Crippen molar-refractivity contribution >= 4 is 29.0 Å². The number of fused-ring (bicyclic) bond motifs is 1. The van der Waals surface area contributed by atoms with Gasteiger partial charge < -0.3 is 10.3 Å². The molecule has 0 radical (unpaired) electrons. The number of para-hydroxylation sites is 1. The van der Waals surface area contributed by atoms with Crippen molar-refractivity contribution in [2.45, 2.75) is 19.9 Å². The molecule has 0 atom stereocenters. The predicted octanol–water partition coefficient (Wildman–Crippen LogP) is 3.76. The first kappa shape index (κ1) is 18.2. The first-order valence-corrected chi connectivity index (χ1v) is 9.56. The van der Waals surface area contributed by atoms with Gasteiger partial charge in [0.25, 0.3) is 0 Å². The molecule has 0 fully saturated rings. The maximum Gasteiger partial charge on any atom is 0.240 e. The normalized spacial score (nSPS) is 11.0. The maximum absolute atomic E-state index is 12.5. The van der Waals surface area contributed by atoms with Gasteiger partial charge in [-0.05, 0) is 37.2 Å². The Bertz CT molecular complexity index is 1170. The summed E-state index contributed by atoms with van der Waals surface area (Å²) in [6, 6.07) is 16.1. The molecule has 0 bridgehead atoms. The highest BCUT2D eigenvalue weighted by Crippen LogP contribution is 2.19. The van der Waals surface area contributed by atoms with Crippen molar-refractivity contribution in [1.29, 1.82) is 0 Å². The van der Waals surface area contributed by atoms with E-state index < -0.39 is 0 Å². The van der Waals surface area contributed by atoms with Gasteiger partial charge in [0.1, 0.15) is 6.54 Å². The Kier molecular flexibility index (Phi) is 5.08. The number of carbonyl (C=O) groups excluding carboxylic acids is 1. The minimum Gasteiger partial charge on any atom is -0.361 e. The molecule has 0 saturated heterocycles. The molecule has 7 heteroatoms. The fourth-order valence-electron chi connectivity index (χ4n) is 3.26. The molecule has 2 aromatic heterocycles. The number of aryl methyl sites for hydroxylation is 1. The van der Waals surface area contributed by atoms with Crippen molar-refractivity contribution in [2.24, 2.45) is 0 Å². The third kappa shape index (κ3) is 3.75. The minimum absolute atomic E-state index is 0.0919. The van der Waals surface area contributed by atoms with E-state index in [-0.39, 0.29) is 12.5 Å². The molecule has 3 N–H and O–H groups in total. The lowest BCUT2D eigenvalue weighted by Gasteiger charge is -2.08. The maximum atomic E-state index is 12.5. The summed E-state index contributed by atoms with van der Waals surface area (Å²) in [7, 11) is 0.